The molecule has 164 valence electrons. The highest BCUT2D eigenvalue weighted by Gasteiger charge is 2.24. The Kier molecular flexibility index (Phi) is 8.03. The van der Waals surface area contributed by atoms with E-state index in [4.69, 9.17) is 27.9 Å². The number of hydrogen-bond acceptors (Lipinski definition) is 7. The van der Waals surface area contributed by atoms with Crippen molar-refractivity contribution in [3.8, 4) is 0 Å². The third-order valence-electron chi connectivity index (χ3n) is 4.85. The van der Waals surface area contributed by atoms with Crippen molar-refractivity contribution in [2.45, 2.75) is 19.3 Å². The van der Waals surface area contributed by atoms with Gasteiger partial charge in [-0.15, -0.1) is 11.3 Å². The molecule has 2 aromatic rings. The number of unbranched alkanes of at least 4 members (excludes halogenated alkanes) is 1. The van der Waals surface area contributed by atoms with Crippen LogP contribution in [0.15, 0.2) is 34.3 Å². The number of nitrogens with zero attached hydrogens (tertiary/aromatic N) is 3. The zero-order valence-corrected chi connectivity index (χ0v) is 19.9. The summed E-state index contributed by atoms with van der Waals surface area (Å²) in [5, 5.41) is 5.35. The van der Waals surface area contributed by atoms with Crippen molar-refractivity contribution < 1.29 is 9.53 Å². The highest BCUT2D eigenvalue weighted by molar-refractivity contribution is 8.18. The fraction of sp³-hybridized carbons (Fsp3) is 0.381. The Morgan fingerprint density at radius 3 is 2.90 bits per heavy atom. The van der Waals surface area contributed by atoms with Crippen LogP contribution in [0.3, 0.4) is 0 Å². The molecule has 2 aliphatic heterocycles. The fourth-order valence-corrected chi connectivity index (χ4v) is 5.49. The second-order valence-electron chi connectivity index (χ2n) is 7.14. The minimum absolute atomic E-state index is 0.172. The van der Waals surface area contributed by atoms with E-state index in [0.29, 0.717) is 25.8 Å². The second kappa shape index (κ2) is 10.9. The van der Waals surface area contributed by atoms with Crippen LogP contribution in [0.4, 0.5) is 5.69 Å². The molecule has 0 saturated carbocycles. The number of aliphatic imine (C=N–C) groups is 1. The van der Waals surface area contributed by atoms with Gasteiger partial charge in [-0.2, -0.15) is 0 Å². The first-order valence-corrected chi connectivity index (χ1v) is 12.5. The van der Waals surface area contributed by atoms with Crippen LogP contribution in [-0.2, 0) is 16.0 Å². The Labute approximate surface area is 199 Å². The Balaban J connectivity index is 1.31. The summed E-state index contributed by atoms with van der Waals surface area (Å²) < 4.78 is 5.38. The highest BCUT2D eigenvalue weighted by Crippen LogP contribution is 2.33. The van der Waals surface area contributed by atoms with Crippen molar-refractivity contribution in [2.24, 2.45) is 4.99 Å². The number of rotatable bonds is 7. The maximum atomic E-state index is 12.3. The van der Waals surface area contributed by atoms with Gasteiger partial charge in [0.05, 0.1) is 33.8 Å². The molecular formula is C21H22Cl2N4O2S2. The molecule has 4 rings (SSSR count). The van der Waals surface area contributed by atoms with E-state index in [1.165, 1.54) is 11.8 Å². The maximum absolute atomic E-state index is 12.3. The molecule has 2 saturated heterocycles. The number of benzene rings is 1. The zero-order chi connectivity index (χ0) is 21.6. The number of aromatic nitrogens is 1. The van der Waals surface area contributed by atoms with Crippen molar-refractivity contribution in [2.75, 3.05) is 32.8 Å². The largest absolute Gasteiger partial charge is 0.379 e. The van der Waals surface area contributed by atoms with Gasteiger partial charge in [-0.3, -0.25) is 9.69 Å². The zero-order valence-electron chi connectivity index (χ0n) is 16.8. The predicted octanol–water partition coefficient (Wildman–Crippen LogP) is 5.00. The van der Waals surface area contributed by atoms with Crippen molar-refractivity contribution in [1.29, 1.82) is 0 Å². The van der Waals surface area contributed by atoms with Gasteiger partial charge in [0.15, 0.2) is 5.17 Å². The van der Waals surface area contributed by atoms with Crippen LogP contribution in [0.5, 0.6) is 0 Å². The normalized spacial score (nSPS) is 20.0. The third-order valence-corrected chi connectivity index (χ3v) is 7.30. The van der Waals surface area contributed by atoms with Crippen LogP contribution in [-0.4, -0.2) is 53.8 Å². The van der Waals surface area contributed by atoms with Crippen molar-refractivity contribution >= 4 is 69.1 Å². The molecule has 6 nitrogen and oxygen atoms in total. The van der Waals surface area contributed by atoms with Crippen molar-refractivity contribution in [3.63, 3.8) is 0 Å². The topological polar surface area (TPSA) is 66.8 Å². The number of carbonyl (C=O) groups is 1. The van der Waals surface area contributed by atoms with Crippen LogP contribution in [0.2, 0.25) is 10.0 Å². The number of amidine groups is 1. The molecule has 0 radical (unpaired) electrons. The average molecular weight is 497 g/mol. The molecule has 0 bridgehead atoms. The van der Waals surface area contributed by atoms with Crippen LogP contribution in [0, 0.1) is 0 Å². The summed E-state index contributed by atoms with van der Waals surface area (Å²) >= 11 is 15.0. The van der Waals surface area contributed by atoms with Crippen molar-refractivity contribution in [1.82, 2.24) is 15.2 Å². The molecule has 2 fully saturated rings. The van der Waals surface area contributed by atoms with Gasteiger partial charge in [0, 0.05) is 29.2 Å². The first-order valence-electron chi connectivity index (χ1n) is 10.1. The summed E-state index contributed by atoms with van der Waals surface area (Å²) in [7, 11) is 0. The van der Waals surface area contributed by atoms with E-state index < -0.39 is 0 Å². The van der Waals surface area contributed by atoms with Crippen LogP contribution in [0.25, 0.3) is 6.08 Å². The molecule has 0 aliphatic carbocycles. The molecule has 1 amide bonds. The molecule has 1 aromatic heterocycles. The second-order valence-corrected chi connectivity index (χ2v) is 10.2. The number of nitrogens with one attached hydrogen (secondary N) is 1. The number of ether oxygens (including phenoxy) is 1. The summed E-state index contributed by atoms with van der Waals surface area (Å²) in [4.78, 5) is 25.3. The van der Waals surface area contributed by atoms with E-state index >= 15 is 0 Å². The van der Waals surface area contributed by atoms with Gasteiger partial charge in [-0.1, -0.05) is 23.2 Å². The molecule has 2 aliphatic rings. The van der Waals surface area contributed by atoms with Gasteiger partial charge >= 0.3 is 0 Å². The quantitative estimate of drug-likeness (QED) is 0.431. The van der Waals surface area contributed by atoms with E-state index in [1.807, 2.05) is 12.3 Å². The first-order chi connectivity index (χ1) is 15.1. The number of halogens is 2. The number of carbonyl (C=O) groups excluding carboxylic acids is 1. The van der Waals surface area contributed by atoms with Crippen molar-refractivity contribution in [3.05, 3.63) is 49.2 Å². The summed E-state index contributed by atoms with van der Waals surface area (Å²) in [5.74, 6) is -0.172. The van der Waals surface area contributed by atoms with Gasteiger partial charge in [-0.05, 0) is 61.8 Å². The molecule has 1 aromatic carbocycles. The van der Waals surface area contributed by atoms with Gasteiger partial charge in [0.1, 0.15) is 0 Å². The Morgan fingerprint density at radius 2 is 2.10 bits per heavy atom. The summed E-state index contributed by atoms with van der Waals surface area (Å²) in [6.07, 6.45) is 6.91. The predicted molar refractivity (Wildman–Crippen MR) is 130 cm³/mol. The van der Waals surface area contributed by atoms with Crippen LogP contribution < -0.4 is 5.32 Å². The molecule has 0 spiro atoms. The monoisotopic (exact) mass is 496 g/mol. The van der Waals surface area contributed by atoms with E-state index in [-0.39, 0.29) is 5.91 Å². The van der Waals surface area contributed by atoms with Crippen LogP contribution in [0.1, 0.15) is 22.7 Å². The molecule has 1 N–H and O–H groups in total. The molecule has 10 heteroatoms. The number of amides is 1. The summed E-state index contributed by atoms with van der Waals surface area (Å²) in [6.45, 7) is 4.86. The van der Waals surface area contributed by atoms with E-state index in [2.05, 4.69) is 20.2 Å². The Bertz CT molecular complexity index is 1000. The maximum Gasteiger partial charge on any atom is 0.264 e. The van der Waals surface area contributed by atoms with Gasteiger partial charge < -0.3 is 10.1 Å². The minimum Gasteiger partial charge on any atom is -0.379 e. The van der Waals surface area contributed by atoms with Gasteiger partial charge in [-0.25, -0.2) is 9.98 Å². The number of aryl methyl sites for hydroxylation is 1. The Hall–Kier alpha value is -1.42. The van der Waals surface area contributed by atoms with Crippen LogP contribution >= 0.6 is 46.3 Å². The summed E-state index contributed by atoms with van der Waals surface area (Å²) in [6, 6.07) is 5.06. The number of morpholine rings is 1. The SMILES string of the molecule is O=C1NC(=Nc2ccc(Cl)cc2Cl)S/C1=C\c1cnc(CCCCN2CCOCC2)s1. The van der Waals surface area contributed by atoms with E-state index in [0.717, 1.165) is 62.0 Å². The molecule has 3 heterocycles. The molecule has 31 heavy (non-hydrogen) atoms. The number of thiazole rings is 1. The smallest absolute Gasteiger partial charge is 0.264 e. The molecular weight excluding hydrogens is 475 g/mol. The summed E-state index contributed by atoms with van der Waals surface area (Å²) in [5.41, 5.74) is 0.562. The minimum atomic E-state index is -0.172. The lowest BCUT2D eigenvalue weighted by atomic mass is 10.2. The molecule has 0 atom stereocenters. The van der Waals surface area contributed by atoms with Gasteiger partial charge in [0.25, 0.3) is 5.91 Å². The van der Waals surface area contributed by atoms with Gasteiger partial charge in [0.2, 0.25) is 0 Å². The lowest BCUT2D eigenvalue weighted by molar-refractivity contribution is -0.115. The Morgan fingerprint density at radius 1 is 1.26 bits per heavy atom. The average Bonchev–Trinajstić information content (AvgIpc) is 3.34. The standard InChI is InChI=1S/C21H22Cl2N4O2S2/c22-14-4-5-17(16(23)11-14)25-21-26-20(28)18(31-21)12-15-13-24-19(30-15)3-1-2-6-27-7-9-29-10-8-27/h4-5,11-13H,1-3,6-10H2,(H,25,26,28)/b18-12-. The number of thioether (sulfide) groups is 1. The lowest BCUT2D eigenvalue weighted by Gasteiger charge is -2.26. The lowest BCUT2D eigenvalue weighted by Crippen LogP contribution is -2.36. The highest BCUT2D eigenvalue weighted by atomic mass is 35.5. The van der Waals surface area contributed by atoms with E-state index in [1.54, 1.807) is 29.5 Å². The first kappa shape index (κ1) is 22.8. The fourth-order valence-electron chi connectivity index (χ4n) is 3.23. The number of hydrogen-bond donors (Lipinski definition) is 1. The molecule has 0 unspecified atom stereocenters. The van der Waals surface area contributed by atoms with E-state index in [9.17, 15) is 4.79 Å². The third kappa shape index (κ3) is 6.54.